The molecular weight excluding hydrogens is 484 g/mol. The first-order chi connectivity index (χ1) is 15.9. The van der Waals surface area contributed by atoms with Gasteiger partial charge in [0, 0.05) is 28.0 Å². The molecule has 1 amide bonds. The molecule has 0 saturated heterocycles. The smallest absolute Gasteiger partial charge is 0.312 e. The second kappa shape index (κ2) is 9.99. The Bertz CT molecular complexity index is 1340. The predicted octanol–water partition coefficient (Wildman–Crippen LogP) is 5.62. The number of nitro benzene ring substituents is 1. The van der Waals surface area contributed by atoms with Crippen LogP contribution in [0.2, 0.25) is 5.02 Å². The van der Waals surface area contributed by atoms with Crippen LogP contribution in [0.15, 0.2) is 70.1 Å². The molecule has 0 aliphatic rings. The number of carbonyl (C=O) groups excluding carboxylic acids is 1. The Morgan fingerprint density at radius 2 is 2.00 bits per heavy atom. The fourth-order valence-corrected chi connectivity index (χ4v) is 5.12. The second-order valence-corrected chi connectivity index (χ2v) is 9.44. The third-order valence-corrected chi connectivity index (χ3v) is 6.97. The number of rotatable bonds is 7. The molecular formula is C22H15ClN4O4S2. The van der Waals surface area contributed by atoms with E-state index in [1.54, 1.807) is 35.2 Å². The normalized spacial score (nSPS) is 11.2. The number of aromatic hydroxyl groups is 1. The second-order valence-electron chi connectivity index (χ2n) is 6.75. The number of thioether (sulfide) groups is 1. The van der Waals surface area contributed by atoms with Gasteiger partial charge in [-0.2, -0.15) is 5.10 Å². The van der Waals surface area contributed by atoms with Crippen LogP contribution in [0.25, 0.3) is 10.2 Å². The molecule has 166 valence electrons. The Morgan fingerprint density at radius 3 is 2.73 bits per heavy atom. The fraction of sp³-hybridized carbons (Fsp3) is 0.0455. The standard InChI is InChI=1S/C22H15ClN4O4S2/c23-16-9-15(20(28)18(10-16)27(30)31)11-24-26-21(29)14-7-5-13(6-8-14)12-32-22-25-17-3-1-2-4-19(17)33-22/h1-11,28H,12H2,(H,26,29). The van der Waals surface area contributed by atoms with Gasteiger partial charge in [0.2, 0.25) is 5.75 Å². The van der Waals surface area contributed by atoms with E-state index in [2.05, 4.69) is 15.5 Å². The number of amides is 1. The van der Waals surface area contributed by atoms with Crippen molar-refractivity contribution < 1.29 is 14.8 Å². The summed E-state index contributed by atoms with van der Waals surface area (Å²) in [6.07, 6.45) is 1.09. The van der Waals surface area contributed by atoms with Crippen LogP contribution in [-0.4, -0.2) is 27.1 Å². The number of nitrogens with one attached hydrogen (secondary N) is 1. The van der Waals surface area contributed by atoms with Gasteiger partial charge in [0.15, 0.2) is 4.34 Å². The summed E-state index contributed by atoms with van der Waals surface area (Å²) < 4.78 is 2.13. The van der Waals surface area contributed by atoms with Crippen molar-refractivity contribution in [3.8, 4) is 5.75 Å². The molecule has 0 spiro atoms. The minimum Gasteiger partial charge on any atom is -0.502 e. The number of halogens is 1. The van der Waals surface area contributed by atoms with Crippen LogP contribution in [-0.2, 0) is 5.75 Å². The summed E-state index contributed by atoms with van der Waals surface area (Å²) in [5.41, 5.74) is 4.20. The van der Waals surface area contributed by atoms with Gasteiger partial charge in [-0.25, -0.2) is 10.4 Å². The number of hydrogen-bond acceptors (Lipinski definition) is 8. The summed E-state index contributed by atoms with van der Waals surface area (Å²) in [5, 5.41) is 24.7. The summed E-state index contributed by atoms with van der Waals surface area (Å²) in [7, 11) is 0. The monoisotopic (exact) mass is 498 g/mol. The fourth-order valence-electron chi connectivity index (χ4n) is 2.88. The van der Waals surface area contributed by atoms with E-state index >= 15 is 0 Å². The van der Waals surface area contributed by atoms with E-state index in [9.17, 15) is 20.0 Å². The Kier molecular flexibility index (Phi) is 6.87. The maximum Gasteiger partial charge on any atom is 0.312 e. The summed E-state index contributed by atoms with van der Waals surface area (Å²) in [6, 6.07) is 17.4. The van der Waals surface area contributed by atoms with Gasteiger partial charge in [0.25, 0.3) is 5.91 Å². The van der Waals surface area contributed by atoms with E-state index in [-0.39, 0.29) is 10.6 Å². The van der Waals surface area contributed by atoms with Crippen LogP contribution >= 0.6 is 34.7 Å². The number of phenolic OH excluding ortho intramolecular Hbond substituents is 1. The summed E-state index contributed by atoms with van der Waals surface area (Å²) in [6.45, 7) is 0. The Morgan fingerprint density at radius 1 is 1.24 bits per heavy atom. The van der Waals surface area contributed by atoms with Gasteiger partial charge < -0.3 is 5.11 Å². The van der Waals surface area contributed by atoms with Crippen molar-refractivity contribution in [2.75, 3.05) is 0 Å². The molecule has 3 aromatic carbocycles. The lowest BCUT2D eigenvalue weighted by molar-refractivity contribution is -0.385. The molecule has 4 aromatic rings. The molecule has 0 atom stereocenters. The quantitative estimate of drug-likeness (QED) is 0.148. The number of para-hydroxylation sites is 1. The molecule has 0 aliphatic heterocycles. The van der Waals surface area contributed by atoms with E-state index in [1.165, 1.54) is 6.07 Å². The molecule has 0 aliphatic carbocycles. The van der Waals surface area contributed by atoms with Crippen LogP contribution in [0.5, 0.6) is 5.75 Å². The molecule has 0 unspecified atom stereocenters. The van der Waals surface area contributed by atoms with E-state index in [0.717, 1.165) is 32.4 Å². The molecule has 33 heavy (non-hydrogen) atoms. The number of aromatic nitrogens is 1. The molecule has 0 radical (unpaired) electrons. The first kappa shape index (κ1) is 22.7. The number of hydrazone groups is 1. The van der Waals surface area contributed by atoms with Gasteiger partial charge in [-0.15, -0.1) is 11.3 Å². The molecule has 0 bridgehead atoms. The molecule has 0 saturated carbocycles. The van der Waals surface area contributed by atoms with Gasteiger partial charge in [-0.05, 0) is 35.9 Å². The highest BCUT2D eigenvalue weighted by Crippen LogP contribution is 2.32. The number of thiazole rings is 1. The van der Waals surface area contributed by atoms with Crippen LogP contribution in [0.1, 0.15) is 21.5 Å². The average Bonchev–Trinajstić information content (AvgIpc) is 3.23. The van der Waals surface area contributed by atoms with Crippen LogP contribution < -0.4 is 5.43 Å². The highest BCUT2D eigenvalue weighted by molar-refractivity contribution is 8.00. The summed E-state index contributed by atoms with van der Waals surface area (Å²) in [4.78, 5) is 27.1. The summed E-state index contributed by atoms with van der Waals surface area (Å²) in [5.74, 6) is -0.336. The number of benzene rings is 3. The van der Waals surface area contributed by atoms with Crippen LogP contribution in [0.3, 0.4) is 0 Å². The van der Waals surface area contributed by atoms with E-state index < -0.39 is 22.3 Å². The number of phenols is 1. The minimum atomic E-state index is -0.756. The maximum absolute atomic E-state index is 12.3. The topological polar surface area (TPSA) is 118 Å². The van der Waals surface area contributed by atoms with Gasteiger partial charge >= 0.3 is 5.69 Å². The van der Waals surface area contributed by atoms with Crippen molar-refractivity contribution in [2.24, 2.45) is 5.10 Å². The van der Waals surface area contributed by atoms with Crippen molar-refractivity contribution in [3.05, 3.63) is 92.5 Å². The molecule has 1 heterocycles. The van der Waals surface area contributed by atoms with E-state index in [4.69, 9.17) is 11.6 Å². The highest BCUT2D eigenvalue weighted by Gasteiger charge is 2.17. The first-order valence-corrected chi connectivity index (χ1v) is 11.7. The number of fused-ring (bicyclic) bond motifs is 1. The van der Waals surface area contributed by atoms with E-state index in [1.807, 2.05) is 36.4 Å². The Labute approximate surface area is 201 Å². The predicted molar refractivity (Wildman–Crippen MR) is 130 cm³/mol. The Hall–Kier alpha value is -3.47. The third kappa shape index (κ3) is 5.48. The van der Waals surface area contributed by atoms with Crippen LogP contribution in [0, 0.1) is 10.1 Å². The molecule has 0 fully saturated rings. The SMILES string of the molecule is O=C(NN=Cc1cc(Cl)cc([N+](=O)[O-])c1O)c1ccc(CSc2nc3ccccc3s2)cc1. The van der Waals surface area contributed by atoms with Gasteiger partial charge in [-0.3, -0.25) is 14.9 Å². The zero-order valence-corrected chi connectivity index (χ0v) is 19.2. The molecule has 4 rings (SSSR count). The maximum atomic E-state index is 12.3. The van der Waals surface area contributed by atoms with Gasteiger partial charge in [0.1, 0.15) is 0 Å². The average molecular weight is 499 g/mol. The Balaban J connectivity index is 1.36. The van der Waals surface area contributed by atoms with Crippen molar-refractivity contribution in [1.29, 1.82) is 0 Å². The third-order valence-electron chi connectivity index (χ3n) is 4.50. The van der Waals surface area contributed by atoms with Crippen LogP contribution in [0.4, 0.5) is 5.69 Å². The molecule has 8 nitrogen and oxygen atoms in total. The molecule has 1 aromatic heterocycles. The lowest BCUT2D eigenvalue weighted by Crippen LogP contribution is -2.17. The largest absolute Gasteiger partial charge is 0.502 e. The number of carbonyl (C=O) groups is 1. The van der Waals surface area contributed by atoms with Gasteiger partial charge in [0.05, 0.1) is 21.4 Å². The van der Waals surface area contributed by atoms with Crippen molar-refractivity contribution in [2.45, 2.75) is 10.1 Å². The summed E-state index contributed by atoms with van der Waals surface area (Å²) >= 11 is 9.11. The molecule has 2 N–H and O–H groups in total. The lowest BCUT2D eigenvalue weighted by atomic mass is 10.1. The number of nitro groups is 1. The minimum absolute atomic E-state index is 0.0109. The number of nitrogens with zero attached hydrogens (tertiary/aromatic N) is 3. The van der Waals surface area contributed by atoms with Crippen molar-refractivity contribution in [3.63, 3.8) is 0 Å². The molecule has 11 heteroatoms. The zero-order valence-electron chi connectivity index (χ0n) is 16.8. The van der Waals surface area contributed by atoms with Crippen molar-refractivity contribution in [1.82, 2.24) is 10.4 Å². The van der Waals surface area contributed by atoms with Crippen molar-refractivity contribution >= 4 is 62.7 Å². The first-order valence-electron chi connectivity index (χ1n) is 9.48. The van der Waals surface area contributed by atoms with Gasteiger partial charge in [-0.1, -0.05) is 47.6 Å². The lowest BCUT2D eigenvalue weighted by Gasteiger charge is -2.04. The number of hydrogen-bond donors (Lipinski definition) is 2. The highest BCUT2D eigenvalue weighted by atomic mass is 35.5. The van der Waals surface area contributed by atoms with E-state index in [0.29, 0.717) is 11.3 Å². The zero-order chi connectivity index (χ0) is 23.4.